The molecule has 0 amide bonds. The standard InChI is InChI=1S/C15H19N3O2/c1-17-4-6-18(7-5-17)10-12-9-16-14-3-2-11(15(19)20)8-13(12)14/h2-3,8-9,16H,4-7,10H2,1H3,(H,19,20). The number of carboxylic acids is 1. The fourth-order valence-corrected chi connectivity index (χ4v) is 2.69. The van der Waals surface area contributed by atoms with Crippen LogP contribution in [0.3, 0.4) is 0 Å². The van der Waals surface area contributed by atoms with Gasteiger partial charge in [0.25, 0.3) is 0 Å². The number of benzene rings is 1. The van der Waals surface area contributed by atoms with Gasteiger partial charge in [0, 0.05) is 49.8 Å². The van der Waals surface area contributed by atoms with Crippen molar-refractivity contribution >= 4 is 16.9 Å². The molecule has 1 aliphatic rings. The number of aromatic carboxylic acids is 1. The zero-order valence-corrected chi connectivity index (χ0v) is 11.6. The zero-order chi connectivity index (χ0) is 14.1. The van der Waals surface area contributed by atoms with Crippen molar-refractivity contribution in [2.45, 2.75) is 6.54 Å². The molecule has 0 atom stereocenters. The summed E-state index contributed by atoms with van der Waals surface area (Å²) in [6.07, 6.45) is 1.99. The Kier molecular flexibility index (Phi) is 3.46. The van der Waals surface area contributed by atoms with Crippen LogP contribution in [0.2, 0.25) is 0 Å². The molecule has 1 aromatic carbocycles. The molecule has 5 heteroatoms. The van der Waals surface area contributed by atoms with Crippen LogP contribution in [-0.2, 0) is 6.54 Å². The quantitative estimate of drug-likeness (QED) is 0.892. The third-order valence-electron chi connectivity index (χ3n) is 4.00. The first-order valence-corrected chi connectivity index (χ1v) is 6.88. The van der Waals surface area contributed by atoms with Crippen molar-refractivity contribution in [2.24, 2.45) is 0 Å². The number of rotatable bonds is 3. The van der Waals surface area contributed by atoms with Crippen molar-refractivity contribution in [2.75, 3.05) is 33.2 Å². The summed E-state index contributed by atoms with van der Waals surface area (Å²) >= 11 is 0. The smallest absolute Gasteiger partial charge is 0.335 e. The van der Waals surface area contributed by atoms with Gasteiger partial charge in [0.15, 0.2) is 0 Å². The van der Waals surface area contributed by atoms with Gasteiger partial charge < -0.3 is 15.0 Å². The number of aromatic amines is 1. The Hall–Kier alpha value is -1.85. The lowest BCUT2D eigenvalue weighted by Gasteiger charge is -2.32. The number of piperazine rings is 1. The number of carbonyl (C=O) groups is 1. The summed E-state index contributed by atoms with van der Waals surface area (Å²) in [5.74, 6) is -0.876. The lowest BCUT2D eigenvalue weighted by Crippen LogP contribution is -2.43. The van der Waals surface area contributed by atoms with Crippen molar-refractivity contribution in [3.8, 4) is 0 Å². The van der Waals surface area contributed by atoms with Crippen LogP contribution in [0.15, 0.2) is 24.4 Å². The van der Waals surface area contributed by atoms with Crippen molar-refractivity contribution in [3.05, 3.63) is 35.5 Å². The Bertz CT molecular complexity index is 627. The van der Waals surface area contributed by atoms with Gasteiger partial charge in [0.2, 0.25) is 0 Å². The van der Waals surface area contributed by atoms with E-state index in [-0.39, 0.29) is 0 Å². The average Bonchev–Trinajstić information content (AvgIpc) is 2.84. The minimum absolute atomic E-state index is 0.344. The van der Waals surface area contributed by atoms with Gasteiger partial charge in [-0.2, -0.15) is 0 Å². The van der Waals surface area contributed by atoms with Crippen LogP contribution in [-0.4, -0.2) is 59.1 Å². The molecule has 106 valence electrons. The fraction of sp³-hybridized carbons (Fsp3) is 0.400. The van der Waals surface area contributed by atoms with Crippen LogP contribution in [0.25, 0.3) is 10.9 Å². The molecule has 1 aromatic heterocycles. The van der Waals surface area contributed by atoms with Crippen molar-refractivity contribution in [1.29, 1.82) is 0 Å². The molecule has 0 bridgehead atoms. The zero-order valence-electron chi connectivity index (χ0n) is 11.6. The summed E-state index contributed by atoms with van der Waals surface area (Å²) in [6.45, 7) is 5.16. The molecular formula is C15H19N3O2. The maximum absolute atomic E-state index is 11.1. The largest absolute Gasteiger partial charge is 0.478 e. The van der Waals surface area contributed by atoms with Crippen molar-refractivity contribution in [3.63, 3.8) is 0 Å². The highest BCUT2D eigenvalue weighted by atomic mass is 16.4. The molecule has 0 aliphatic carbocycles. The average molecular weight is 273 g/mol. The van der Waals surface area contributed by atoms with Crippen molar-refractivity contribution < 1.29 is 9.90 Å². The number of nitrogens with zero attached hydrogens (tertiary/aromatic N) is 2. The minimum atomic E-state index is -0.876. The molecule has 0 saturated carbocycles. The van der Waals surface area contributed by atoms with Crippen LogP contribution in [0.1, 0.15) is 15.9 Å². The van der Waals surface area contributed by atoms with Crippen LogP contribution in [0.4, 0.5) is 0 Å². The van der Waals surface area contributed by atoms with Crippen LogP contribution in [0.5, 0.6) is 0 Å². The highest BCUT2D eigenvalue weighted by Crippen LogP contribution is 2.21. The second-order valence-electron chi connectivity index (χ2n) is 5.46. The predicted molar refractivity (Wildman–Crippen MR) is 78.0 cm³/mol. The first-order valence-electron chi connectivity index (χ1n) is 6.88. The Morgan fingerprint density at radius 1 is 1.30 bits per heavy atom. The summed E-state index contributed by atoms with van der Waals surface area (Å²) < 4.78 is 0. The highest BCUT2D eigenvalue weighted by Gasteiger charge is 2.16. The van der Waals surface area contributed by atoms with E-state index in [2.05, 4.69) is 21.8 Å². The monoisotopic (exact) mass is 273 g/mol. The van der Waals surface area contributed by atoms with Crippen LogP contribution >= 0.6 is 0 Å². The van der Waals surface area contributed by atoms with Gasteiger partial charge in [-0.1, -0.05) is 0 Å². The van der Waals surface area contributed by atoms with Gasteiger partial charge in [-0.15, -0.1) is 0 Å². The van der Waals surface area contributed by atoms with Crippen LogP contribution in [0, 0.1) is 0 Å². The summed E-state index contributed by atoms with van der Waals surface area (Å²) in [6, 6.07) is 5.24. The first-order chi connectivity index (χ1) is 9.63. The lowest BCUT2D eigenvalue weighted by atomic mass is 10.1. The number of likely N-dealkylation sites (N-methyl/N-ethyl adjacent to an activating group) is 1. The van der Waals surface area contributed by atoms with Crippen molar-refractivity contribution in [1.82, 2.24) is 14.8 Å². The molecule has 2 aromatic rings. The third-order valence-corrected chi connectivity index (χ3v) is 4.00. The first kappa shape index (κ1) is 13.1. The van der Waals surface area contributed by atoms with E-state index in [0.29, 0.717) is 5.56 Å². The van der Waals surface area contributed by atoms with Gasteiger partial charge in [-0.3, -0.25) is 4.90 Å². The topological polar surface area (TPSA) is 59.6 Å². The number of H-pyrrole nitrogens is 1. The molecule has 0 spiro atoms. The maximum Gasteiger partial charge on any atom is 0.335 e. The second-order valence-corrected chi connectivity index (χ2v) is 5.46. The molecule has 2 N–H and O–H groups in total. The Balaban J connectivity index is 1.84. The van der Waals surface area contributed by atoms with E-state index in [1.54, 1.807) is 12.1 Å². The lowest BCUT2D eigenvalue weighted by molar-refractivity contribution is 0.0697. The number of aromatic nitrogens is 1. The van der Waals surface area contributed by atoms with E-state index in [0.717, 1.165) is 43.6 Å². The van der Waals surface area contributed by atoms with Gasteiger partial charge >= 0.3 is 5.97 Å². The normalized spacial score (nSPS) is 17.6. The summed E-state index contributed by atoms with van der Waals surface area (Å²) in [5.41, 5.74) is 2.52. The van der Waals surface area contributed by atoms with E-state index in [9.17, 15) is 4.79 Å². The van der Waals surface area contributed by atoms with Crippen LogP contribution < -0.4 is 0 Å². The molecule has 0 radical (unpaired) electrons. The van der Waals surface area contributed by atoms with E-state index < -0.39 is 5.97 Å². The molecule has 0 unspecified atom stereocenters. The molecule has 20 heavy (non-hydrogen) atoms. The maximum atomic E-state index is 11.1. The summed E-state index contributed by atoms with van der Waals surface area (Å²) in [5, 5.41) is 10.1. The molecule has 5 nitrogen and oxygen atoms in total. The summed E-state index contributed by atoms with van der Waals surface area (Å²) in [4.78, 5) is 19.0. The summed E-state index contributed by atoms with van der Waals surface area (Å²) in [7, 11) is 2.14. The number of hydrogen-bond donors (Lipinski definition) is 2. The number of carboxylic acid groups (broad SMARTS) is 1. The Morgan fingerprint density at radius 3 is 2.75 bits per heavy atom. The second kappa shape index (κ2) is 5.26. The van der Waals surface area contributed by atoms with E-state index in [1.165, 1.54) is 5.56 Å². The Labute approximate surface area is 117 Å². The number of hydrogen-bond acceptors (Lipinski definition) is 3. The number of nitrogens with one attached hydrogen (secondary N) is 1. The molecular weight excluding hydrogens is 254 g/mol. The SMILES string of the molecule is CN1CCN(Cc2c[nH]c3ccc(C(=O)O)cc23)CC1. The van der Waals surface area contributed by atoms with Gasteiger partial charge in [-0.05, 0) is 30.8 Å². The molecule has 1 aliphatic heterocycles. The van der Waals surface area contributed by atoms with E-state index in [4.69, 9.17) is 5.11 Å². The molecule has 1 saturated heterocycles. The minimum Gasteiger partial charge on any atom is -0.478 e. The number of fused-ring (bicyclic) bond motifs is 1. The molecule has 2 heterocycles. The Morgan fingerprint density at radius 2 is 2.05 bits per heavy atom. The fourth-order valence-electron chi connectivity index (χ4n) is 2.69. The predicted octanol–water partition coefficient (Wildman–Crippen LogP) is 1.61. The van der Waals surface area contributed by atoms with Gasteiger partial charge in [-0.25, -0.2) is 4.79 Å². The van der Waals surface area contributed by atoms with Gasteiger partial charge in [0.05, 0.1) is 5.56 Å². The molecule has 3 rings (SSSR count). The van der Waals surface area contributed by atoms with E-state index >= 15 is 0 Å². The molecule has 1 fully saturated rings. The van der Waals surface area contributed by atoms with Gasteiger partial charge in [0.1, 0.15) is 0 Å². The van der Waals surface area contributed by atoms with E-state index in [1.807, 2.05) is 12.3 Å². The third kappa shape index (κ3) is 2.55. The highest BCUT2D eigenvalue weighted by molar-refractivity contribution is 5.94.